The zero-order chi connectivity index (χ0) is 12.3. The molecule has 0 amide bonds. The molecule has 4 heteroatoms. The Bertz CT molecular complexity index is 378. The Morgan fingerprint density at radius 1 is 1.41 bits per heavy atom. The van der Waals surface area contributed by atoms with E-state index < -0.39 is 0 Å². The maximum atomic E-state index is 14.0. The Kier molecular flexibility index (Phi) is 4.54. The van der Waals surface area contributed by atoms with Crippen LogP contribution >= 0.6 is 15.9 Å². The molecule has 1 unspecified atom stereocenters. The van der Waals surface area contributed by atoms with E-state index in [-0.39, 0.29) is 11.9 Å². The number of methoxy groups -OCH3 is 1. The largest absolute Gasteiger partial charge is 0.381 e. The van der Waals surface area contributed by atoms with Gasteiger partial charge in [0.15, 0.2) is 0 Å². The highest BCUT2D eigenvalue weighted by Gasteiger charge is 2.27. The summed E-state index contributed by atoms with van der Waals surface area (Å²) >= 11 is 3.21. The van der Waals surface area contributed by atoms with Gasteiger partial charge in [-0.25, -0.2) is 4.39 Å². The summed E-state index contributed by atoms with van der Waals surface area (Å²) in [7, 11) is 1.64. The summed E-state index contributed by atoms with van der Waals surface area (Å²) in [5.74, 6) is 0.114. The summed E-state index contributed by atoms with van der Waals surface area (Å²) in [5.41, 5.74) is 0.633. The summed E-state index contributed by atoms with van der Waals surface area (Å²) in [5, 5.41) is 0. The molecule has 0 radical (unpaired) electrons. The lowest BCUT2D eigenvalue weighted by Crippen LogP contribution is -2.24. The minimum absolute atomic E-state index is 0.184. The first-order chi connectivity index (χ1) is 8.24. The smallest absolute Gasteiger partial charge is 0.143 e. The maximum absolute atomic E-state index is 14.0. The molecule has 1 aromatic rings. The normalized spacial score (nSPS) is 19.2. The molecule has 2 rings (SSSR count). The molecular weight excluding hydrogens is 287 g/mol. The van der Waals surface area contributed by atoms with Crippen molar-refractivity contribution in [3.05, 3.63) is 34.1 Å². The molecular formula is C13H16BrFO2. The van der Waals surface area contributed by atoms with Gasteiger partial charge in [-0.2, -0.15) is 0 Å². The van der Waals surface area contributed by atoms with Crippen molar-refractivity contribution in [2.75, 3.05) is 20.3 Å². The highest BCUT2D eigenvalue weighted by atomic mass is 79.9. The fourth-order valence-corrected chi connectivity index (χ4v) is 2.71. The van der Waals surface area contributed by atoms with Gasteiger partial charge in [-0.05, 0) is 40.8 Å². The molecule has 2 nitrogen and oxygen atoms in total. The van der Waals surface area contributed by atoms with Crippen LogP contribution in [0.15, 0.2) is 22.7 Å². The Balaban J connectivity index is 2.24. The minimum Gasteiger partial charge on any atom is -0.381 e. The van der Waals surface area contributed by atoms with Crippen molar-refractivity contribution in [1.29, 1.82) is 0 Å². The van der Waals surface area contributed by atoms with Crippen LogP contribution in [0.3, 0.4) is 0 Å². The SMILES string of the molecule is COC(c1cccc(Br)c1F)C1CCOCC1. The molecule has 1 aliphatic heterocycles. The fourth-order valence-electron chi connectivity index (χ4n) is 2.33. The highest BCUT2D eigenvalue weighted by molar-refractivity contribution is 9.10. The van der Waals surface area contributed by atoms with Gasteiger partial charge in [0.25, 0.3) is 0 Å². The van der Waals surface area contributed by atoms with Crippen LogP contribution in [0.25, 0.3) is 0 Å². The van der Waals surface area contributed by atoms with Gasteiger partial charge in [0.1, 0.15) is 5.82 Å². The Hall–Kier alpha value is -0.450. The maximum Gasteiger partial charge on any atom is 0.143 e. The zero-order valence-corrected chi connectivity index (χ0v) is 11.4. The number of hydrogen-bond acceptors (Lipinski definition) is 2. The number of hydrogen-bond donors (Lipinski definition) is 0. The third kappa shape index (κ3) is 2.87. The van der Waals surface area contributed by atoms with Crippen LogP contribution in [0.5, 0.6) is 0 Å². The van der Waals surface area contributed by atoms with Crippen LogP contribution < -0.4 is 0 Å². The third-order valence-electron chi connectivity index (χ3n) is 3.24. The van der Waals surface area contributed by atoms with Crippen molar-refractivity contribution >= 4 is 15.9 Å². The quantitative estimate of drug-likeness (QED) is 0.847. The van der Waals surface area contributed by atoms with E-state index >= 15 is 0 Å². The Morgan fingerprint density at radius 2 is 2.12 bits per heavy atom. The van der Waals surface area contributed by atoms with E-state index in [2.05, 4.69) is 15.9 Å². The molecule has 1 atom stereocenters. The first-order valence-electron chi connectivity index (χ1n) is 5.78. The molecule has 0 saturated carbocycles. The van der Waals surface area contributed by atoms with Gasteiger partial charge in [-0.3, -0.25) is 0 Å². The molecule has 1 saturated heterocycles. The second kappa shape index (κ2) is 5.94. The number of benzene rings is 1. The molecule has 94 valence electrons. The standard InChI is InChI=1S/C13H16BrFO2/c1-16-13(9-5-7-17-8-6-9)10-3-2-4-11(14)12(10)15/h2-4,9,13H,5-8H2,1H3. The van der Waals surface area contributed by atoms with Crippen molar-refractivity contribution in [2.24, 2.45) is 5.92 Å². The number of halogens is 2. The predicted octanol–water partition coefficient (Wildman–Crippen LogP) is 3.70. The van der Waals surface area contributed by atoms with Crippen molar-refractivity contribution in [3.63, 3.8) is 0 Å². The minimum atomic E-state index is -0.217. The first kappa shape index (κ1) is 13.0. The van der Waals surface area contributed by atoms with Crippen LogP contribution in [0.1, 0.15) is 24.5 Å². The van der Waals surface area contributed by atoms with Crippen LogP contribution in [0, 0.1) is 11.7 Å². The lowest BCUT2D eigenvalue weighted by Gasteiger charge is -2.29. The molecule has 1 aromatic carbocycles. The lowest BCUT2D eigenvalue weighted by molar-refractivity contribution is -0.0159. The predicted molar refractivity (Wildman–Crippen MR) is 67.4 cm³/mol. The average molecular weight is 303 g/mol. The van der Waals surface area contributed by atoms with E-state index in [1.165, 1.54) is 0 Å². The molecule has 1 aliphatic rings. The van der Waals surface area contributed by atoms with Gasteiger partial charge in [-0.15, -0.1) is 0 Å². The zero-order valence-electron chi connectivity index (χ0n) is 9.79. The van der Waals surface area contributed by atoms with E-state index in [1.807, 2.05) is 6.07 Å². The second-order valence-electron chi connectivity index (χ2n) is 4.25. The molecule has 0 bridgehead atoms. The summed E-state index contributed by atoms with van der Waals surface area (Å²) < 4.78 is 25.3. The molecule has 17 heavy (non-hydrogen) atoms. The van der Waals surface area contributed by atoms with Gasteiger partial charge in [0.05, 0.1) is 10.6 Å². The van der Waals surface area contributed by atoms with Crippen molar-refractivity contribution in [1.82, 2.24) is 0 Å². The monoisotopic (exact) mass is 302 g/mol. The van der Waals surface area contributed by atoms with E-state index in [0.29, 0.717) is 16.0 Å². The van der Waals surface area contributed by atoms with Gasteiger partial charge >= 0.3 is 0 Å². The van der Waals surface area contributed by atoms with Gasteiger partial charge in [-0.1, -0.05) is 12.1 Å². The van der Waals surface area contributed by atoms with Gasteiger partial charge in [0, 0.05) is 25.9 Å². The van der Waals surface area contributed by atoms with Crippen LogP contribution in [-0.4, -0.2) is 20.3 Å². The van der Waals surface area contributed by atoms with Crippen LogP contribution in [-0.2, 0) is 9.47 Å². The number of ether oxygens (including phenoxy) is 2. The van der Waals surface area contributed by atoms with E-state index in [9.17, 15) is 4.39 Å². The second-order valence-corrected chi connectivity index (χ2v) is 5.10. The molecule has 0 aliphatic carbocycles. The third-order valence-corrected chi connectivity index (χ3v) is 3.85. The summed E-state index contributed by atoms with van der Waals surface area (Å²) in [4.78, 5) is 0. The van der Waals surface area contributed by atoms with Crippen molar-refractivity contribution in [2.45, 2.75) is 18.9 Å². The lowest BCUT2D eigenvalue weighted by atomic mass is 9.89. The molecule has 0 N–H and O–H groups in total. The Labute approximate surface area is 109 Å². The first-order valence-corrected chi connectivity index (χ1v) is 6.57. The highest BCUT2D eigenvalue weighted by Crippen LogP contribution is 2.35. The van der Waals surface area contributed by atoms with E-state index in [1.54, 1.807) is 19.2 Å². The van der Waals surface area contributed by atoms with Crippen molar-refractivity contribution < 1.29 is 13.9 Å². The molecule has 0 aromatic heterocycles. The average Bonchev–Trinajstić information content (AvgIpc) is 2.37. The summed E-state index contributed by atoms with van der Waals surface area (Å²) in [6.45, 7) is 1.47. The van der Waals surface area contributed by atoms with Gasteiger partial charge < -0.3 is 9.47 Å². The molecule has 1 heterocycles. The molecule has 0 spiro atoms. The Morgan fingerprint density at radius 3 is 2.76 bits per heavy atom. The topological polar surface area (TPSA) is 18.5 Å². The van der Waals surface area contributed by atoms with Crippen molar-refractivity contribution in [3.8, 4) is 0 Å². The van der Waals surface area contributed by atoms with E-state index in [4.69, 9.17) is 9.47 Å². The van der Waals surface area contributed by atoms with Crippen LogP contribution in [0.2, 0.25) is 0 Å². The summed E-state index contributed by atoms with van der Waals surface area (Å²) in [6, 6.07) is 5.34. The van der Waals surface area contributed by atoms with Crippen LogP contribution in [0.4, 0.5) is 4.39 Å². The fraction of sp³-hybridized carbons (Fsp3) is 0.538. The van der Waals surface area contributed by atoms with E-state index in [0.717, 1.165) is 26.1 Å². The van der Waals surface area contributed by atoms with Gasteiger partial charge in [0.2, 0.25) is 0 Å². The number of rotatable bonds is 3. The molecule has 1 fully saturated rings. The summed E-state index contributed by atoms with van der Waals surface area (Å²) in [6.07, 6.45) is 1.66.